The van der Waals surface area contributed by atoms with Crippen LogP contribution in [0.1, 0.15) is 25.5 Å². The maximum atomic E-state index is 4.25. The van der Waals surface area contributed by atoms with Crippen LogP contribution in [0.15, 0.2) is 18.3 Å². The van der Waals surface area contributed by atoms with Gasteiger partial charge in [0.05, 0.1) is 5.69 Å². The first-order chi connectivity index (χ1) is 6.83. The SMILES string of the molecule is CCCNCC/C=C/c1ccn(C)n1. The van der Waals surface area contributed by atoms with Gasteiger partial charge in [0.25, 0.3) is 0 Å². The highest BCUT2D eigenvalue weighted by molar-refractivity contribution is 5.43. The second-order valence-electron chi connectivity index (χ2n) is 3.36. The molecule has 1 N–H and O–H groups in total. The normalized spacial score (nSPS) is 11.3. The number of aromatic nitrogens is 2. The van der Waals surface area contributed by atoms with Gasteiger partial charge in [0.1, 0.15) is 0 Å². The van der Waals surface area contributed by atoms with Crippen molar-refractivity contribution in [1.82, 2.24) is 15.1 Å². The Morgan fingerprint density at radius 3 is 3.00 bits per heavy atom. The van der Waals surface area contributed by atoms with E-state index < -0.39 is 0 Å². The quantitative estimate of drug-likeness (QED) is 0.698. The molecule has 0 aliphatic rings. The van der Waals surface area contributed by atoms with Crippen LogP contribution in [0.25, 0.3) is 6.08 Å². The van der Waals surface area contributed by atoms with Crippen LogP contribution in [-0.2, 0) is 7.05 Å². The molecular weight excluding hydrogens is 174 g/mol. The second kappa shape index (κ2) is 6.38. The fraction of sp³-hybridized carbons (Fsp3) is 0.545. The molecule has 0 amide bonds. The molecule has 0 radical (unpaired) electrons. The molecule has 3 nitrogen and oxygen atoms in total. The van der Waals surface area contributed by atoms with Crippen LogP contribution >= 0.6 is 0 Å². The van der Waals surface area contributed by atoms with E-state index in [1.807, 2.05) is 24.0 Å². The van der Waals surface area contributed by atoms with Gasteiger partial charge in [-0.15, -0.1) is 0 Å². The van der Waals surface area contributed by atoms with Gasteiger partial charge in [-0.2, -0.15) is 5.10 Å². The third-order valence-electron chi connectivity index (χ3n) is 1.94. The molecule has 0 unspecified atom stereocenters. The van der Waals surface area contributed by atoms with E-state index in [2.05, 4.69) is 29.5 Å². The molecule has 0 spiro atoms. The van der Waals surface area contributed by atoms with Crippen molar-refractivity contribution < 1.29 is 0 Å². The van der Waals surface area contributed by atoms with Crippen LogP contribution < -0.4 is 5.32 Å². The number of nitrogens with one attached hydrogen (secondary N) is 1. The molecule has 1 aromatic rings. The largest absolute Gasteiger partial charge is 0.316 e. The van der Waals surface area contributed by atoms with Crippen LogP contribution in [0.2, 0.25) is 0 Å². The van der Waals surface area contributed by atoms with Gasteiger partial charge in [0.15, 0.2) is 0 Å². The Morgan fingerprint density at radius 2 is 2.36 bits per heavy atom. The zero-order valence-electron chi connectivity index (χ0n) is 9.03. The lowest BCUT2D eigenvalue weighted by atomic mass is 10.3. The van der Waals surface area contributed by atoms with Gasteiger partial charge < -0.3 is 5.32 Å². The minimum atomic E-state index is 1.03. The predicted octanol–water partition coefficient (Wildman–Crippen LogP) is 1.82. The molecule has 0 atom stereocenters. The van der Waals surface area contributed by atoms with Crippen LogP contribution in [0, 0.1) is 0 Å². The molecule has 1 aromatic heterocycles. The summed E-state index contributed by atoms with van der Waals surface area (Å²) in [5.74, 6) is 0. The van der Waals surface area contributed by atoms with Gasteiger partial charge >= 0.3 is 0 Å². The Morgan fingerprint density at radius 1 is 1.50 bits per heavy atom. The van der Waals surface area contributed by atoms with E-state index in [9.17, 15) is 0 Å². The molecule has 0 saturated carbocycles. The standard InChI is InChI=1S/C11H19N3/c1-3-8-12-9-5-4-6-11-7-10-14(2)13-11/h4,6-7,10,12H,3,5,8-9H2,1-2H3/b6-4+. The van der Waals surface area contributed by atoms with E-state index in [4.69, 9.17) is 0 Å². The third kappa shape index (κ3) is 4.23. The first kappa shape index (κ1) is 11.0. The molecule has 0 aliphatic carbocycles. The van der Waals surface area contributed by atoms with E-state index in [1.54, 1.807) is 0 Å². The molecule has 0 aliphatic heterocycles. The molecule has 0 bridgehead atoms. The van der Waals surface area contributed by atoms with Crippen molar-refractivity contribution in [2.24, 2.45) is 7.05 Å². The van der Waals surface area contributed by atoms with Gasteiger partial charge in [0, 0.05) is 13.2 Å². The summed E-state index contributed by atoms with van der Waals surface area (Å²) in [4.78, 5) is 0. The van der Waals surface area contributed by atoms with Gasteiger partial charge in [-0.3, -0.25) is 4.68 Å². The van der Waals surface area contributed by atoms with Crippen molar-refractivity contribution in [3.05, 3.63) is 24.0 Å². The number of hydrogen-bond acceptors (Lipinski definition) is 2. The summed E-state index contributed by atoms with van der Waals surface area (Å²) in [6, 6.07) is 2.01. The Labute approximate surface area is 85.8 Å². The molecule has 0 saturated heterocycles. The zero-order chi connectivity index (χ0) is 10.2. The van der Waals surface area contributed by atoms with E-state index in [0.29, 0.717) is 0 Å². The average Bonchev–Trinajstić information content (AvgIpc) is 2.58. The smallest absolute Gasteiger partial charge is 0.0847 e. The molecule has 1 rings (SSSR count). The second-order valence-corrected chi connectivity index (χ2v) is 3.36. The maximum absolute atomic E-state index is 4.25. The third-order valence-corrected chi connectivity index (χ3v) is 1.94. The van der Waals surface area contributed by atoms with Crippen molar-refractivity contribution in [2.75, 3.05) is 13.1 Å². The Bertz CT molecular complexity index is 276. The molecule has 1 heterocycles. The highest BCUT2D eigenvalue weighted by Gasteiger charge is 1.89. The zero-order valence-corrected chi connectivity index (χ0v) is 9.03. The van der Waals surface area contributed by atoms with E-state index in [0.717, 1.165) is 25.2 Å². The molecular formula is C11H19N3. The van der Waals surface area contributed by atoms with Crippen LogP contribution in [0.4, 0.5) is 0 Å². The lowest BCUT2D eigenvalue weighted by Gasteiger charge is -1.97. The van der Waals surface area contributed by atoms with Crippen molar-refractivity contribution in [3.8, 4) is 0 Å². The first-order valence-corrected chi connectivity index (χ1v) is 5.20. The summed E-state index contributed by atoms with van der Waals surface area (Å²) in [6.07, 6.45) is 8.44. The highest BCUT2D eigenvalue weighted by atomic mass is 15.2. The van der Waals surface area contributed by atoms with Gasteiger partial charge in [-0.05, 0) is 38.1 Å². The minimum Gasteiger partial charge on any atom is -0.316 e. The topological polar surface area (TPSA) is 29.9 Å². The monoisotopic (exact) mass is 193 g/mol. The molecule has 78 valence electrons. The van der Waals surface area contributed by atoms with E-state index in [1.165, 1.54) is 6.42 Å². The number of nitrogens with zero attached hydrogens (tertiary/aromatic N) is 2. The minimum absolute atomic E-state index is 1.03. The summed E-state index contributed by atoms with van der Waals surface area (Å²) in [5, 5.41) is 7.60. The Hall–Kier alpha value is -1.09. The van der Waals surface area contributed by atoms with Crippen molar-refractivity contribution in [3.63, 3.8) is 0 Å². The summed E-state index contributed by atoms with van der Waals surface area (Å²) in [7, 11) is 1.93. The number of aryl methyl sites for hydroxylation is 1. The first-order valence-electron chi connectivity index (χ1n) is 5.20. The fourth-order valence-corrected chi connectivity index (χ4v) is 1.21. The van der Waals surface area contributed by atoms with Crippen molar-refractivity contribution in [2.45, 2.75) is 19.8 Å². The average molecular weight is 193 g/mol. The van der Waals surface area contributed by atoms with Crippen molar-refractivity contribution >= 4 is 6.08 Å². The van der Waals surface area contributed by atoms with E-state index in [-0.39, 0.29) is 0 Å². The van der Waals surface area contributed by atoms with Gasteiger partial charge in [-0.1, -0.05) is 13.0 Å². The summed E-state index contributed by atoms with van der Waals surface area (Å²) in [6.45, 7) is 4.34. The number of hydrogen-bond donors (Lipinski definition) is 1. The molecule has 0 aromatic carbocycles. The van der Waals surface area contributed by atoms with Crippen LogP contribution in [0.5, 0.6) is 0 Å². The van der Waals surface area contributed by atoms with Crippen LogP contribution in [-0.4, -0.2) is 22.9 Å². The Balaban J connectivity index is 2.15. The fourth-order valence-electron chi connectivity index (χ4n) is 1.21. The van der Waals surface area contributed by atoms with Crippen LogP contribution in [0.3, 0.4) is 0 Å². The van der Waals surface area contributed by atoms with Crippen molar-refractivity contribution in [1.29, 1.82) is 0 Å². The summed E-state index contributed by atoms with van der Waals surface area (Å²) < 4.78 is 1.81. The van der Waals surface area contributed by atoms with E-state index >= 15 is 0 Å². The molecule has 14 heavy (non-hydrogen) atoms. The summed E-state index contributed by atoms with van der Waals surface area (Å²) >= 11 is 0. The molecule has 0 fully saturated rings. The lowest BCUT2D eigenvalue weighted by molar-refractivity contribution is 0.679. The maximum Gasteiger partial charge on any atom is 0.0847 e. The highest BCUT2D eigenvalue weighted by Crippen LogP contribution is 1.97. The predicted molar refractivity (Wildman–Crippen MR) is 60.0 cm³/mol. The number of rotatable bonds is 6. The lowest BCUT2D eigenvalue weighted by Crippen LogP contribution is -2.14. The Kier molecular flexibility index (Phi) is 5.00. The van der Waals surface area contributed by atoms with Gasteiger partial charge in [-0.25, -0.2) is 0 Å². The molecule has 3 heteroatoms. The summed E-state index contributed by atoms with van der Waals surface area (Å²) in [5.41, 5.74) is 1.03. The van der Waals surface area contributed by atoms with Gasteiger partial charge in [0.2, 0.25) is 0 Å².